The second kappa shape index (κ2) is 18.5. The quantitative estimate of drug-likeness (QED) is 0.558. The van der Waals surface area contributed by atoms with Crippen LogP contribution >= 0.6 is 0 Å². The van der Waals surface area contributed by atoms with E-state index in [0.717, 1.165) is 0 Å². The summed E-state index contributed by atoms with van der Waals surface area (Å²) in [7, 11) is 0. The van der Waals surface area contributed by atoms with E-state index in [1.54, 1.807) is 8.87 Å². The minimum absolute atomic E-state index is 0.125. The van der Waals surface area contributed by atoms with E-state index in [4.69, 9.17) is 10.2 Å². The van der Waals surface area contributed by atoms with Gasteiger partial charge >= 0.3 is 69.5 Å². The van der Waals surface area contributed by atoms with Gasteiger partial charge in [0, 0.05) is 0 Å². The summed E-state index contributed by atoms with van der Waals surface area (Å²) in [4.78, 5) is 0. The predicted octanol–water partition coefficient (Wildman–Crippen LogP) is 2.10. The van der Waals surface area contributed by atoms with Crippen LogP contribution in [0.4, 0.5) is 0 Å². The Labute approximate surface area is 93.0 Å². The number of aliphatic hydroxyl groups is 2. The monoisotopic (exact) mass is 296 g/mol. The fourth-order valence-electron chi connectivity index (χ4n) is 0.729. The Balaban J connectivity index is 0. The smallest absolute Gasteiger partial charge is 0.0662 e. The molecular formula is C10H24O2Sn. The molecule has 80 valence electrons. The molecule has 0 aromatic heterocycles. The Morgan fingerprint density at radius 3 is 1.46 bits per heavy atom. The van der Waals surface area contributed by atoms with Crippen LogP contribution < -0.4 is 0 Å². The first kappa shape index (κ1) is 16.2. The fraction of sp³-hybridized carbons (Fsp3) is 1.00. The van der Waals surface area contributed by atoms with E-state index in [0.29, 0.717) is 0 Å². The molecular weight excluding hydrogens is 271 g/mol. The molecule has 2 N–H and O–H groups in total. The van der Waals surface area contributed by atoms with E-state index in [2.05, 4.69) is 13.8 Å². The van der Waals surface area contributed by atoms with Gasteiger partial charge in [-0.2, -0.15) is 0 Å². The van der Waals surface area contributed by atoms with Crippen LogP contribution in [0.25, 0.3) is 0 Å². The van der Waals surface area contributed by atoms with Crippen LogP contribution in [0.2, 0.25) is 8.87 Å². The molecule has 2 radical (unpaired) electrons. The number of hydrogen-bond donors (Lipinski definition) is 2. The number of hydrogen-bond acceptors (Lipinski definition) is 2. The predicted molar refractivity (Wildman–Crippen MR) is 59.4 cm³/mol. The van der Waals surface area contributed by atoms with Gasteiger partial charge in [-0.25, -0.2) is 0 Å². The Bertz CT molecular complexity index is 61.9. The molecule has 0 saturated carbocycles. The summed E-state index contributed by atoms with van der Waals surface area (Å²) in [6.07, 6.45) is 5.84. The van der Waals surface area contributed by atoms with Crippen LogP contribution in [0.5, 0.6) is 0 Å². The zero-order valence-corrected chi connectivity index (χ0v) is 11.9. The molecule has 0 aliphatic carbocycles. The summed E-state index contributed by atoms with van der Waals surface area (Å²) >= 11 is 0.149. The topological polar surface area (TPSA) is 40.5 Å². The molecule has 3 heteroatoms. The first-order chi connectivity index (χ1) is 6.33. The second-order valence-corrected chi connectivity index (χ2v) is 7.19. The summed E-state index contributed by atoms with van der Waals surface area (Å²) in [6.45, 7) is 4.33. The molecule has 0 aliphatic heterocycles. The van der Waals surface area contributed by atoms with Gasteiger partial charge in [-0.15, -0.1) is 0 Å². The molecule has 0 saturated heterocycles. The van der Waals surface area contributed by atoms with Crippen molar-refractivity contribution in [1.82, 2.24) is 0 Å². The van der Waals surface area contributed by atoms with Gasteiger partial charge in [-0.3, -0.25) is 0 Å². The second-order valence-electron chi connectivity index (χ2n) is 2.90. The molecule has 0 aliphatic rings. The van der Waals surface area contributed by atoms with Crippen molar-refractivity contribution in [2.24, 2.45) is 0 Å². The molecule has 2 nitrogen and oxygen atoms in total. The van der Waals surface area contributed by atoms with Crippen LogP contribution in [0.3, 0.4) is 0 Å². The molecule has 0 aromatic carbocycles. The Hall–Kier alpha value is 0.719. The minimum atomic E-state index is -0.125. The molecule has 0 rings (SSSR count). The summed E-state index contributed by atoms with van der Waals surface area (Å²) in [5.74, 6) is 0. The third-order valence-corrected chi connectivity index (χ3v) is 5.55. The van der Waals surface area contributed by atoms with E-state index in [9.17, 15) is 0 Å². The van der Waals surface area contributed by atoms with Crippen molar-refractivity contribution >= 4 is 21.1 Å². The Kier molecular flexibility index (Phi) is 23.0. The first-order valence-electron chi connectivity index (χ1n) is 5.25. The molecule has 0 unspecified atom stereocenters. The van der Waals surface area contributed by atoms with E-state index < -0.39 is 0 Å². The van der Waals surface area contributed by atoms with Gasteiger partial charge in [-0.05, 0) is 0 Å². The Morgan fingerprint density at radius 2 is 1.23 bits per heavy atom. The van der Waals surface area contributed by atoms with E-state index in [1.807, 2.05) is 0 Å². The van der Waals surface area contributed by atoms with Crippen LogP contribution in [0.1, 0.15) is 39.5 Å². The molecule has 0 bridgehead atoms. The van der Waals surface area contributed by atoms with Gasteiger partial charge in [0.2, 0.25) is 0 Å². The maximum Gasteiger partial charge on any atom is 0.0662 e. The number of rotatable bonds is 7. The van der Waals surface area contributed by atoms with Crippen molar-refractivity contribution in [2.45, 2.75) is 48.4 Å². The van der Waals surface area contributed by atoms with E-state index in [-0.39, 0.29) is 34.4 Å². The van der Waals surface area contributed by atoms with Crippen molar-refractivity contribution in [3.05, 3.63) is 0 Å². The molecule has 0 atom stereocenters. The molecule has 0 heterocycles. The fourth-order valence-corrected chi connectivity index (χ4v) is 4.89. The molecule has 0 fully saturated rings. The van der Waals surface area contributed by atoms with Crippen molar-refractivity contribution in [3.63, 3.8) is 0 Å². The summed E-state index contributed by atoms with van der Waals surface area (Å²) in [5, 5.41) is 15.2. The average Bonchev–Trinajstić information content (AvgIpc) is 2.18. The number of aliphatic hydroxyl groups excluding tert-OH is 2. The number of unbranched alkanes of at least 4 members (excludes halogenated alkanes) is 2. The maximum absolute atomic E-state index is 7.62. The van der Waals surface area contributed by atoms with Gasteiger partial charge in [0.1, 0.15) is 0 Å². The van der Waals surface area contributed by atoms with Gasteiger partial charge in [0.05, 0.1) is 13.2 Å². The summed E-state index contributed by atoms with van der Waals surface area (Å²) in [5.41, 5.74) is 0. The van der Waals surface area contributed by atoms with E-state index in [1.165, 1.54) is 25.7 Å². The van der Waals surface area contributed by atoms with Gasteiger partial charge in [-0.1, -0.05) is 0 Å². The SMILES string of the molecule is CCC[CH2][Sn][CH2]CCC.OCCO. The minimum Gasteiger partial charge on any atom is -0.394 e. The largest absolute Gasteiger partial charge is 0.394 e. The third-order valence-electron chi connectivity index (χ3n) is 1.51. The first-order valence-corrected chi connectivity index (χ1v) is 9.29. The Morgan fingerprint density at radius 1 is 0.846 bits per heavy atom. The van der Waals surface area contributed by atoms with Crippen molar-refractivity contribution in [1.29, 1.82) is 0 Å². The van der Waals surface area contributed by atoms with Gasteiger partial charge in [0.25, 0.3) is 0 Å². The van der Waals surface area contributed by atoms with Crippen molar-refractivity contribution < 1.29 is 10.2 Å². The summed E-state index contributed by atoms with van der Waals surface area (Å²) in [6, 6.07) is 0. The van der Waals surface area contributed by atoms with Crippen molar-refractivity contribution in [3.8, 4) is 0 Å². The summed E-state index contributed by atoms with van der Waals surface area (Å²) < 4.78 is 3.25. The van der Waals surface area contributed by atoms with Gasteiger partial charge < -0.3 is 10.2 Å². The molecule has 0 spiro atoms. The van der Waals surface area contributed by atoms with Crippen molar-refractivity contribution in [2.75, 3.05) is 13.2 Å². The average molecular weight is 295 g/mol. The molecule has 13 heavy (non-hydrogen) atoms. The van der Waals surface area contributed by atoms with Gasteiger partial charge in [0.15, 0.2) is 0 Å². The third kappa shape index (κ3) is 24.5. The van der Waals surface area contributed by atoms with Crippen LogP contribution in [-0.2, 0) is 0 Å². The van der Waals surface area contributed by atoms with Crippen LogP contribution in [0.15, 0.2) is 0 Å². The zero-order chi connectivity index (χ0) is 10.4. The molecule has 0 amide bonds. The van der Waals surface area contributed by atoms with Crippen LogP contribution in [-0.4, -0.2) is 44.6 Å². The zero-order valence-electron chi connectivity index (χ0n) is 9.05. The van der Waals surface area contributed by atoms with E-state index >= 15 is 0 Å². The standard InChI is InChI=1S/2C4H9.C2H6O2.Sn/c2*1-3-4-2;3-1-2-4;/h2*1,3-4H2,2H3;3-4H,1-2H2;. The normalized spacial score (nSPS) is 9.23. The maximum atomic E-state index is 7.62. The molecule has 0 aromatic rings. The van der Waals surface area contributed by atoms with Crippen LogP contribution in [0, 0.1) is 0 Å².